The summed E-state index contributed by atoms with van der Waals surface area (Å²) in [6, 6.07) is 11.2. The first-order valence-corrected chi connectivity index (χ1v) is 8.79. The Hall–Kier alpha value is -2.93. The van der Waals surface area contributed by atoms with Crippen molar-refractivity contribution in [1.29, 1.82) is 0 Å². The van der Waals surface area contributed by atoms with Crippen LogP contribution in [0.25, 0.3) is 11.3 Å². The minimum absolute atomic E-state index is 0.0323. The summed E-state index contributed by atoms with van der Waals surface area (Å²) in [6.07, 6.45) is 0.926. The highest BCUT2D eigenvalue weighted by molar-refractivity contribution is 7.08. The molecule has 0 atom stereocenters. The molecule has 3 N–H and O–H groups in total. The predicted molar refractivity (Wildman–Crippen MR) is 98.7 cm³/mol. The molecule has 0 aliphatic heterocycles. The number of rotatable bonds is 6. The number of hydrogen-bond donors (Lipinski definition) is 3. The quantitative estimate of drug-likeness (QED) is 0.636. The average Bonchev–Trinajstić information content (AvgIpc) is 3.31. The van der Waals surface area contributed by atoms with Crippen molar-refractivity contribution in [2.24, 2.45) is 0 Å². The van der Waals surface area contributed by atoms with E-state index < -0.39 is 0 Å². The fraction of sp³-hybridized carbons (Fsp3) is 0.167. The van der Waals surface area contributed by atoms with Crippen molar-refractivity contribution in [1.82, 2.24) is 15.5 Å². The third kappa shape index (κ3) is 4.13. The standard InChI is InChI=1S/C18H18N4O2S/c1-19-17(23)7-6-12-4-2-3-5-14(12)20-18(24)16-10-15(21-22-16)13-8-9-25-11-13/h2-5,8-11H,6-7H2,1H3,(H,19,23)(H,20,24)(H,21,22). The minimum Gasteiger partial charge on any atom is -0.359 e. The highest BCUT2D eigenvalue weighted by Crippen LogP contribution is 2.22. The first-order valence-electron chi connectivity index (χ1n) is 7.85. The number of para-hydroxylation sites is 1. The van der Waals surface area contributed by atoms with Crippen LogP contribution in [0, 0.1) is 0 Å². The average molecular weight is 354 g/mol. The Bertz CT molecular complexity index is 871. The van der Waals surface area contributed by atoms with E-state index in [1.165, 1.54) is 0 Å². The second kappa shape index (κ2) is 7.76. The van der Waals surface area contributed by atoms with Crippen LogP contribution in [0.1, 0.15) is 22.5 Å². The van der Waals surface area contributed by atoms with E-state index in [0.29, 0.717) is 24.2 Å². The van der Waals surface area contributed by atoms with Gasteiger partial charge in [-0.2, -0.15) is 16.4 Å². The number of thiophene rings is 1. The van der Waals surface area contributed by atoms with Crippen LogP contribution in [0.15, 0.2) is 47.2 Å². The molecule has 0 saturated heterocycles. The fourth-order valence-corrected chi connectivity index (χ4v) is 3.07. The van der Waals surface area contributed by atoms with Gasteiger partial charge in [-0.25, -0.2) is 0 Å². The Morgan fingerprint density at radius 3 is 2.84 bits per heavy atom. The lowest BCUT2D eigenvalue weighted by atomic mass is 10.1. The van der Waals surface area contributed by atoms with E-state index >= 15 is 0 Å². The van der Waals surface area contributed by atoms with Gasteiger partial charge in [0.1, 0.15) is 5.69 Å². The number of carbonyl (C=O) groups excluding carboxylic acids is 2. The van der Waals surface area contributed by atoms with Crippen molar-refractivity contribution < 1.29 is 9.59 Å². The molecule has 0 aliphatic carbocycles. The van der Waals surface area contributed by atoms with Crippen molar-refractivity contribution in [3.05, 3.63) is 58.4 Å². The van der Waals surface area contributed by atoms with Gasteiger partial charge >= 0.3 is 0 Å². The van der Waals surface area contributed by atoms with E-state index in [-0.39, 0.29) is 11.8 Å². The molecule has 0 aliphatic rings. The van der Waals surface area contributed by atoms with Gasteiger partial charge in [-0.3, -0.25) is 14.7 Å². The summed E-state index contributed by atoms with van der Waals surface area (Å²) in [5, 5.41) is 16.4. The van der Waals surface area contributed by atoms with Crippen LogP contribution in [-0.4, -0.2) is 29.1 Å². The number of aromatic nitrogens is 2. The topological polar surface area (TPSA) is 86.9 Å². The highest BCUT2D eigenvalue weighted by Gasteiger charge is 2.13. The molecule has 3 aromatic rings. The summed E-state index contributed by atoms with van der Waals surface area (Å²) in [4.78, 5) is 23.9. The number of anilines is 1. The van der Waals surface area contributed by atoms with E-state index in [0.717, 1.165) is 16.8 Å². The molecule has 7 heteroatoms. The first-order chi connectivity index (χ1) is 12.2. The summed E-state index contributed by atoms with van der Waals surface area (Å²) in [5.74, 6) is -0.295. The van der Waals surface area contributed by atoms with E-state index in [4.69, 9.17) is 0 Å². The van der Waals surface area contributed by atoms with Crippen LogP contribution in [0.2, 0.25) is 0 Å². The van der Waals surface area contributed by atoms with Crippen LogP contribution in [0.3, 0.4) is 0 Å². The van der Waals surface area contributed by atoms with Crippen LogP contribution in [0.5, 0.6) is 0 Å². The monoisotopic (exact) mass is 354 g/mol. The fourth-order valence-electron chi connectivity index (χ4n) is 2.42. The van der Waals surface area contributed by atoms with Gasteiger partial charge in [-0.1, -0.05) is 18.2 Å². The SMILES string of the molecule is CNC(=O)CCc1ccccc1NC(=O)c1cc(-c2ccsc2)n[nH]1. The molecule has 0 fully saturated rings. The number of nitrogens with one attached hydrogen (secondary N) is 3. The molecule has 0 saturated carbocycles. The number of nitrogens with zero attached hydrogens (tertiary/aromatic N) is 1. The van der Waals surface area contributed by atoms with Gasteiger partial charge in [0.2, 0.25) is 5.91 Å². The Morgan fingerprint density at radius 1 is 1.24 bits per heavy atom. The third-order valence-corrected chi connectivity index (χ3v) is 4.49. The molecule has 2 amide bonds. The van der Waals surface area contributed by atoms with Gasteiger partial charge < -0.3 is 10.6 Å². The molecule has 3 rings (SSSR count). The smallest absolute Gasteiger partial charge is 0.273 e. The predicted octanol–water partition coefficient (Wildman–Crippen LogP) is 3.07. The number of benzene rings is 1. The third-order valence-electron chi connectivity index (χ3n) is 3.81. The van der Waals surface area contributed by atoms with E-state index in [1.54, 1.807) is 24.5 Å². The number of H-pyrrole nitrogens is 1. The Balaban J connectivity index is 1.72. The molecule has 0 unspecified atom stereocenters. The van der Waals surface area contributed by atoms with Gasteiger partial charge in [0.15, 0.2) is 0 Å². The zero-order chi connectivity index (χ0) is 17.6. The second-order valence-electron chi connectivity index (χ2n) is 5.46. The van der Waals surface area contributed by atoms with Crippen LogP contribution in [-0.2, 0) is 11.2 Å². The van der Waals surface area contributed by atoms with Crippen LogP contribution < -0.4 is 10.6 Å². The van der Waals surface area contributed by atoms with Gasteiger partial charge in [0.25, 0.3) is 5.91 Å². The maximum Gasteiger partial charge on any atom is 0.273 e. The Labute approximate surface area is 149 Å². The lowest BCUT2D eigenvalue weighted by molar-refractivity contribution is -0.120. The lowest BCUT2D eigenvalue weighted by Gasteiger charge is -2.10. The molecule has 6 nitrogen and oxygen atoms in total. The number of hydrogen-bond acceptors (Lipinski definition) is 4. The molecular formula is C18H18N4O2S. The first kappa shape index (κ1) is 16.9. The maximum atomic E-state index is 12.5. The number of amides is 2. The van der Waals surface area contributed by atoms with Gasteiger partial charge in [-0.05, 0) is 35.6 Å². The van der Waals surface area contributed by atoms with Gasteiger partial charge in [-0.15, -0.1) is 0 Å². The van der Waals surface area contributed by atoms with E-state index in [2.05, 4.69) is 20.8 Å². The van der Waals surface area contributed by atoms with Crippen molar-refractivity contribution in [3.63, 3.8) is 0 Å². The number of aromatic amines is 1. The molecule has 2 aromatic heterocycles. The largest absolute Gasteiger partial charge is 0.359 e. The lowest BCUT2D eigenvalue weighted by Crippen LogP contribution is -2.19. The zero-order valence-electron chi connectivity index (χ0n) is 13.7. The highest BCUT2D eigenvalue weighted by atomic mass is 32.1. The summed E-state index contributed by atoms with van der Waals surface area (Å²) in [6.45, 7) is 0. The normalized spacial score (nSPS) is 10.4. The Morgan fingerprint density at radius 2 is 2.08 bits per heavy atom. The van der Waals surface area contributed by atoms with Gasteiger partial charge in [0.05, 0.1) is 5.69 Å². The van der Waals surface area contributed by atoms with Gasteiger partial charge in [0, 0.05) is 30.1 Å². The van der Waals surface area contributed by atoms with E-state index in [9.17, 15) is 9.59 Å². The molecule has 0 bridgehead atoms. The molecule has 1 aromatic carbocycles. The summed E-state index contributed by atoms with van der Waals surface area (Å²) in [7, 11) is 1.61. The van der Waals surface area contributed by atoms with E-state index in [1.807, 2.05) is 41.1 Å². The summed E-state index contributed by atoms with van der Waals surface area (Å²) < 4.78 is 0. The zero-order valence-corrected chi connectivity index (χ0v) is 14.5. The number of aryl methyl sites for hydroxylation is 1. The van der Waals surface area contributed by atoms with Crippen molar-refractivity contribution in [2.45, 2.75) is 12.8 Å². The molecule has 128 valence electrons. The van der Waals surface area contributed by atoms with Crippen molar-refractivity contribution in [2.75, 3.05) is 12.4 Å². The minimum atomic E-state index is -0.263. The molecule has 0 radical (unpaired) electrons. The maximum absolute atomic E-state index is 12.5. The van der Waals surface area contributed by atoms with Crippen molar-refractivity contribution in [3.8, 4) is 11.3 Å². The molecule has 2 heterocycles. The van der Waals surface area contributed by atoms with Crippen LogP contribution >= 0.6 is 11.3 Å². The molecule has 25 heavy (non-hydrogen) atoms. The summed E-state index contributed by atoms with van der Waals surface area (Å²) in [5.41, 5.74) is 3.72. The Kier molecular flexibility index (Phi) is 5.25. The molecular weight excluding hydrogens is 336 g/mol. The summed E-state index contributed by atoms with van der Waals surface area (Å²) >= 11 is 1.58. The second-order valence-corrected chi connectivity index (χ2v) is 6.24. The number of carbonyl (C=O) groups is 2. The van der Waals surface area contributed by atoms with Crippen LogP contribution in [0.4, 0.5) is 5.69 Å². The molecule has 0 spiro atoms. The van der Waals surface area contributed by atoms with Crippen molar-refractivity contribution >= 4 is 28.8 Å².